The van der Waals surface area contributed by atoms with Gasteiger partial charge in [-0.15, -0.1) is 0 Å². The van der Waals surface area contributed by atoms with Crippen molar-refractivity contribution in [3.63, 3.8) is 0 Å². The van der Waals surface area contributed by atoms with Crippen molar-refractivity contribution in [2.24, 2.45) is 10.6 Å². The number of oxime groups is 1. The van der Waals surface area contributed by atoms with Crippen molar-refractivity contribution in [1.29, 1.82) is 0 Å². The first-order valence-corrected chi connectivity index (χ1v) is 11.1. The van der Waals surface area contributed by atoms with Gasteiger partial charge in [-0.2, -0.15) is 13.2 Å². The Hall–Kier alpha value is -3.03. The molecule has 0 aromatic heterocycles. The van der Waals surface area contributed by atoms with Gasteiger partial charge in [-0.1, -0.05) is 17.3 Å². The molecule has 1 saturated carbocycles. The number of carbonyl (C=O) groups excluding carboxylic acids is 1. The zero-order chi connectivity index (χ0) is 23.5. The number of likely N-dealkylation sites (tertiary alicyclic amines) is 1. The molecule has 8 heteroatoms. The van der Waals surface area contributed by atoms with Crippen LogP contribution in [0.4, 0.5) is 13.2 Å². The summed E-state index contributed by atoms with van der Waals surface area (Å²) in [6, 6.07) is 12.0. The lowest BCUT2D eigenvalue weighted by atomic mass is 9.94. The molecule has 2 aromatic rings. The lowest BCUT2D eigenvalue weighted by molar-refractivity contribution is -0.137. The second-order valence-electron chi connectivity index (χ2n) is 8.84. The fourth-order valence-electron chi connectivity index (χ4n) is 3.98. The number of ether oxygens (including phenoxy) is 1. The Kier molecular flexibility index (Phi) is 6.63. The van der Waals surface area contributed by atoms with Gasteiger partial charge in [0.05, 0.1) is 11.3 Å². The van der Waals surface area contributed by atoms with Crippen molar-refractivity contribution in [1.82, 2.24) is 4.90 Å². The average Bonchev–Trinajstić information content (AvgIpc) is 3.56. The summed E-state index contributed by atoms with van der Waals surface area (Å²) >= 11 is 0. The average molecular weight is 460 g/mol. The van der Waals surface area contributed by atoms with Crippen molar-refractivity contribution in [3.05, 3.63) is 65.2 Å². The molecule has 1 aliphatic carbocycles. The molecule has 1 spiro atoms. The van der Waals surface area contributed by atoms with Gasteiger partial charge in [0.25, 0.3) is 5.91 Å². The van der Waals surface area contributed by atoms with Gasteiger partial charge in [0.2, 0.25) is 0 Å². The summed E-state index contributed by atoms with van der Waals surface area (Å²) in [7, 11) is 0. The second-order valence-corrected chi connectivity index (χ2v) is 8.84. The normalized spacial score (nSPS) is 17.7. The summed E-state index contributed by atoms with van der Waals surface area (Å²) in [5, 5.41) is 4.04. The SMILES string of the molecule is CC(=NOCc1ccc(C(F)(F)F)cc1)c1ccc(OCC(=O)N2CCC3(CC2)CC3)cc1. The van der Waals surface area contributed by atoms with Crippen LogP contribution in [0.1, 0.15) is 49.3 Å². The predicted molar refractivity (Wildman–Crippen MR) is 118 cm³/mol. The maximum Gasteiger partial charge on any atom is 0.416 e. The molecule has 0 bridgehead atoms. The number of hydrogen-bond donors (Lipinski definition) is 0. The Bertz CT molecular complexity index is 987. The maximum absolute atomic E-state index is 12.6. The molecule has 1 saturated heterocycles. The number of halogens is 3. The molecule has 5 nitrogen and oxygen atoms in total. The van der Waals surface area contributed by atoms with Crippen LogP contribution in [0.15, 0.2) is 53.7 Å². The monoisotopic (exact) mass is 460 g/mol. The Morgan fingerprint density at radius 1 is 1.00 bits per heavy atom. The van der Waals surface area contributed by atoms with E-state index < -0.39 is 11.7 Å². The van der Waals surface area contributed by atoms with Crippen LogP contribution in [0.3, 0.4) is 0 Å². The lowest BCUT2D eigenvalue weighted by Crippen LogP contribution is -2.41. The summed E-state index contributed by atoms with van der Waals surface area (Å²) in [5.74, 6) is 0.616. The zero-order valence-corrected chi connectivity index (χ0v) is 18.5. The molecule has 1 heterocycles. The van der Waals surface area contributed by atoms with Gasteiger partial charge in [0.1, 0.15) is 12.4 Å². The minimum absolute atomic E-state index is 0.0176. The minimum atomic E-state index is -4.36. The fourth-order valence-corrected chi connectivity index (χ4v) is 3.98. The summed E-state index contributed by atoms with van der Waals surface area (Å²) in [6.07, 6.45) is 0.464. The molecule has 0 N–H and O–H groups in total. The van der Waals surface area contributed by atoms with Crippen LogP contribution in [0.5, 0.6) is 5.75 Å². The highest BCUT2D eigenvalue weighted by molar-refractivity contribution is 5.98. The van der Waals surface area contributed by atoms with Gasteiger partial charge in [0.15, 0.2) is 6.61 Å². The molecular weight excluding hydrogens is 433 g/mol. The first-order valence-electron chi connectivity index (χ1n) is 11.1. The topological polar surface area (TPSA) is 51.1 Å². The van der Waals surface area contributed by atoms with Crippen LogP contribution in [0.25, 0.3) is 0 Å². The minimum Gasteiger partial charge on any atom is -0.484 e. The predicted octanol–water partition coefficient (Wildman–Crippen LogP) is 5.43. The molecular formula is C25H27F3N2O3. The fraction of sp³-hybridized carbons (Fsp3) is 0.440. The number of hydrogen-bond acceptors (Lipinski definition) is 4. The highest BCUT2D eigenvalue weighted by atomic mass is 19.4. The Labute approximate surface area is 191 Å². The van der Waals surface area contributed by atoms with E-state index in [1.165, 1.54) is 25.0 Å². The van der Waals surface area contributed by atoms with Crippen LogP contribution in [-0.2, 0) is 22.4 Å². The largest absolute Gasteiger partial charge is 0.484 e. The molecule has 33 heavy (non-hydrogen) atoms. The van der Waals surface area contributed by atoms with Crippen molar-refractivity contribution in [2.45, 2.75) is 45.4 Å². The lowest BCUT2D eigenvalue weighted by Gasteiger charge is -2.32. The van der Waals surface area contributed by atoms with E-state index in [1.54, 1.807) is 19.1 Å². The van der Waals surface area contributed by atoms with E-state index in [1.807, 2.05) is 17.0 Å². The van der Waals surface area contributed by atoms with Crippen molar-refractivity contribution < 1.29 is 27.5 Å². The van der Waals surface area contributed by atoms with Crippen molar-refractivity contribution >= 4 is 11.6 Å². The van der Waals surface area contributed by atoms with Gasteiger partial charge in [-0.25, -0.2) is 0 Å². The van der Waals surface area contributed by atoms with Gasteiger partial charge in [-0.05, 0) is 85.5 Å². The number of alkyl halides is 3. The van der Waals surface area contributed by atoms with E-state index in [0.717, 1.165) is 43.6 Å². The first kappa shape index (κ1) is 23.1. The number of carbonyl (C=O) groups is 1. The third kappa shape index (κ3) is 6.06. The Balaban J connectivity index is 1.22. The second kappa shape index (κ2) is 9.45. The number of rotatable bonds is 7. The number of piperidine rings is 1. The summed E-state index contributed by atoms with van der Waals surface area (Å²) in [4.78, 5) is 19.6. The van der Waals surface area contributed by atoms with E-state index >= 15 is 0 Å². The highest BCUT2D eigenvalue weighted by Crippen LogP contribution is 2.53. The van der Waals surface area contributed by atoms with Crippen molar-refractivity contribution in [3.8, 4) is 5.75 Å². The molecule has 0 atom stereocenters. The standard InChI is InChI=1S/C25H27F3N2O3/c1-18(29-33-16-19-2-6-21(7-3-19)25(26,27)28)20-4-8-22(9-5-20)32-17-23(31)30-14-12-24(10-11-24)13-15-30/h2-9H,10-17H2,1H3. The molecule has 2 aromatic carbocycles. The molecule has 2 aliphatic rings. The smallest absolute Gasteiger partial charge is 0.416 e. The molecule has 1 aliphatic heterocycles. The van der Waals surface area contributed by atoms with Crippen molar-refractivity contribution in [2.75, 3.05) is 19.7 Å². The van der Waals surface area contributed by atoms with Gasteiger partial charge in [0, 0.05) is 13.1 Å². The molecule has 2 fully saturated rings. The van der Waals surface area contributed by atoms with E-state index in [0.29, 0.717) is 22.4 Å². The quantitative estimate of drug-likeness (QED) is 0.409. The van der Waals surface area contributed by atoms with Crippen LogP contribution in [0.2, 0.25) is 0 Å². The molecule has 176 valence electrons. The van der Waals surface area contributed by atoms with Gasteiger partial charge >= 0.3 is 6.18 Å². The molecule has 0 radical (unpaired) electrons. The van der Waals surface area contributed by atoms with Crippen LogP contribution >= 0.6 is 0 Å². The van der Waals surface area contributed by atoms with E-state index in [9.17, 15) is 18.0 Å². The summed E-state index contributed by atoms with van der Waals surface area (Å²) < 4.78 is 43.5. The molecule has 1 amide bonds. The van der Waals surface area contributed by atoms with E-state index in [-0.39, 0.29) is 19.1 Å². The molecule has 4 rings (SSSR count). The van der Waals surface area contributed by atoms with E-state index in [4.69, 9.17) is 9.57 Å². The van der Waals surface area contributed by atoms with Crippen LogP contribution in [0, 0.1) is 5.41 Å². The van der Waals surface area contributed by atoms with Crippen LogP contribution in [-0.4, -0.2) is 36.2 Å². The summed E-state index contributed by atoms with van der Waals surface area (Å²) in [5.41, 5.74) is 1.86. The molecule has 0 unspecified atom stereocenters. The van der Waals surface area contributed by atoms with Crippen LogP contribution < -0.4 is 4.74 Å². The Morgan fingerprint density at radius 3 is 2.21 bits per heavy atom. The first-order chi connectivity index (χ1) is 15.7. The van der Waals surface area contributed by atoms with E-state index in [2.05, 4.69) is 5.16 Å². The van der Waals surface area contributed by atoms with Gasteiger partial charge < -0.3 is 14.5 Å². The number of amides is 1. The highest BCUT2D eigenvalue weighted by Gasteiger charge is 2.45. The van der Waals surface area contributed by atoms with Gasteiger partial charge in [-0.3, -0.25) is 4.79 Å². The third-order valence-corrected chi connectivity index (χ3v) is 6.48. The summed E-state index contributed by atoms with van der Waals surface area (Å²) in [6.45, 7) is 3.51. The number of benzene rings is 2. The Morgan fingerprint density at radius 2 is 1.64 bits per heavy atom. The number of nitrogens with zero attached hydrogens (tertiary/aromatic N) is 2. The zero-order valence-electron chi connectivity index (χ0n) is 18.5. The maximum atomic E-state index is 12.6. The third-order valence-electron chi connectivity index (χ3n) is 6.48.